The molecule has 2 aliphatic rings. The predicted octanol–water partition coefficient (Wildman–Crippen LogP) is 2.94. The van der Waals surface area contributed by atoms with Crippen molar-refractivity contribution in [2.24, 2.45) is 5.92 Å². The van der Waals surface area contributed by atoms with E-state index in [1.54, 1.807) is 0 Å². The summed E-state index contributed by atoms with van der Waals surface area (Å²) in [5.41, 5.74) is -0.614. The molecule has 0 heterocycles. The Labute approximate surface area is 104 Å². The number of hydrogen-bond donors (Lipinski definition) is 2. The van der Waals surface area contributed by atoms with E-state index in [2.05, 4.69) is 12.2 Å². The van der Waals surface area contributed by atoms with Crippen molar-refractivity contribution < 1.29 is 9.90 Å². The van der Waals surface area contributed by atoms with Crippen LogP contribution in [0, 0.1) is 5.92 Å². The first-order valence-corrected chi connectivity index (χ1v) is 7.15. The third-order valence-corrected chi connectivity index (χ3v) is 4.73. The van der Waals surface area contributed by atoms with Crippen molar-refractivity contribution in [2.75, 3.05) is 0 Å². The van der Waals surface area contributed by atoms with Gasteiger partial charge in [0, 0.05) is 6.04 Å². The molecule has 98 valence electrons. The average molecular weight is 239 g/mol. The Bertz CT molecular complexity index is 265. The highest BCUT2D eigenvalue weighted by molar-refractivity contribution is 5.79. The second kappa shape index (κ2) is 5.38. The summed E-state index contributed by atoms with van der Waals surface area (Å²) in [6.07, 6.45) is 10.2. The zero-order valence-corrected chi connectivity index (χ0v) is 10.9. The summed E-state index contributed by atoms with van der Waals surface area (Å²) in [4.78, 5) is 11.5. The maximum Gasteiger partial charge on any atom is 0.323 e. The maximum atomic E-state index is 11.5. The van der Waals surface area contributed by atoms with Crippen LogP contribution in [-0.4, -0.2) is 22.7 Å². The zero-order chi connectivity index (χ0) is 12.3. The molecule has 0 amide bonds. The molecule has 0 spiro atoms. The predicted molar refractivity (Wildman–Crippen MR) is 68.0 cm³/mol. The van der Waals surface area contributed by atoms with Gasteiger partial charge in [-0.25, -0.2) is 0 Å². The number of carbonyl (C=O) groups is 1. The fourth-order valence-electron chi connectivity index (χ4n) is 3.59. The minimum absolute atomic E-state index is 0.351. The summed E-state index contributed by atoms with van der Waals surface area (Å²) in [7, 11) is 0. The van der Waals surface area contributed by atoms with Gasteiger partial charge >= 0.3 is 5.97 Å². The topological polar surface area (TPSA) is 49.3 Å². The Morgan fingerprint density at radius 2 is 1.76 bits per heavy atom. The fourth-order valence-corrected chi connectivity index (χ4v) is 3.59. The average Bonchev–Trinajstić information content (AvgIpc) is 2.80. The first-order chi connectivity index (χ1) is 8.14. The Morgan fingerprint density at radius 3 is 2.29 bits per heavy atom. The molecule has 0 aromatic heterocycles. The summed E-state index contributed by atoms with van der Waals surface area (Å²) in [6, 6.07) is 0.351. The normalized spacial score (nSPS) is 26.9. The lowest BCUT2D eigenvalue weighted by Gasteiger charge is -2.35. The maximum absolute atomic E-state index is 11.5. The van der Waals surface area contributed by atoms with Gasteiger partial charge in [-0.15, -0.1) is 0 Å². The summed E-state index contributed by atoms with van der Waals surface area (Å²) >= 11 is 0. The minimum atomic E-state index is -0.641. The molecule has 17 heavy (non-hydrogen) atoms. The summed E-state index contributed by atoms with van der Waals surface area (Å²) < 4.78 is 0. The third kappa shape index (κ3) is 2.82. The molecule has 2 rings (SSSR count). The van der Waals surface area contributed by atoms with Crippen LogP contribution in [0.1, 0.15) is 64.7 Å². The molecule has 1 atom stereocenters. The van der Waals surface area contributed by atoms with Gasteiger partial charge in [-0.2, -0.15) is 0 Å². The fraction of sp³-hybridized carbons (Fsp3) is 0.929. The molecule has 0 aromatic rings. The molecule has 3 nitrogen and oxygen atoms in total. The summed E-state index contributed by atoms with van der Waals surface area (Å²) in [6.45, 7) is 2.18. The quantitative estimate of drug-likeness (QED) is 0.793. The molecule has 0 bridgehead atoms. The van der Waals surface area contributed by atoms with Gasteiger partial charge in [0.1, 0.15) is 5.54 Å². The molecule has 1 unspecified atom stereocenters. The summed E-state index contributed by atoms with van der Waals surface area (Å²) in [5, 5.41) is 12.9. The van der Waals surface area contributed by atoms with Crippen LogP contribution in [0.25, 0.3) is 0 Å². The van der Waals surface area contributed by atoms with E-state index in [0.717, 1.165) is 25.7 Å². The van der Waals surface area contributed by atoms with Gasteiger partial charge in [-0.05, 0) is 38.5 Å². The Morgan fingerprint density at radius 1 is 1.18 bits per heavy atom. The highest BCUT2D eigenvalue weighted by Crippen LogP contribution is 2.33. The summed E-state index contributed by atoms with van der Waals surface area (Å²) in [5.74, 6) is 0.0400. The molecule has 0 aromatic carbocycles. The Hall–Kier alpha value is -0.570. The number of aliphatic carboxylic acids is 1. The van der Waals surface area contributed by atoms with E-state index in [9.17, 15) is 9.90 Å². The molecule has 2 saturated carbocycles. The lowest BCUT2D eigenvalue weighted by Crippen LogP contribution is -2.55. The monoisotopic (exact) mass is 239 g/mol. The van der Waals surface area contributed by atoms with E-state index in [1.807, 2.05) is 0 Å². The second-order valence-corrected chi connectivity index (χ2v) is 5.93. The molecule has 2 aliphatic carbocycles. The highest BCUT2D eigenvalue weighted by Gasteiger charge is 2.42. The molecule has 0 radical (unpaired) electrons. The molecule has 3 heteroatoms. The zero-order valence-electron chi connectivity index (χ0n) is 10.9. The first kappa shape index (κ1) is 12.9. The number of carboxylic acid groups (broad SMARTS) is 1. The van der Waals surface area contributed by atoms with Crippen LogP contribution in [0.4, 0.5) is 0 Å². The lowest BCUT2D eigenvalue weighted by molar-refractivity contribution is -0.145. The third-order valence-electron chi connectivity index (χ3n) is 4.73. The van der Waals surface area contributed by atoms with Gasteiger partial charge < -0.3 is 5.11 Å². The van der Waals surface area contributed by atoms with Gasteiger partial charge in [0.15, 0.2) is 0 Å². The molecule has 0 aliphatic heterocycles. The van der Waals surface area contributed by atoms with E-state index in [0.29, 0.717) is 12.0 Å². The van der Waals surface area contributed by atoms with Gasteiger partial charge in [0.2, 0.25) is 0 Å². The van der Waals surface area contributed by atoms with Crippen LogP contribution in [0.5, 0.6) is 0 Å². The van der Waals surface area contributed by atoms with Crippen LogP contribution in [-0.2, 0) is 4.79 Å². The largest absolute Gasteiger partial charge is 0.480 e. The van der Waals surface area contributed by atoms with E-state index in [-0.39, 0.29) is 0 Å². The van der Waals surface area contributed by atoms with Crippen molar-refractivity contribution in [3.05, 3.63) is 0 Å². The Balaban J connectivity index is 1.95. The number of hydrogen-bond acceptors (Lipinski definition) is 2. The number of carboxylic acids is 1. The van der Waals surface area contributed by atoms with Crippen molar-refractivity contribution in [3.8, 4) is 0 Å². The van der Waals surface area contributed by atoms with Crippen molar-refractivity contribution >= 4 is 5.97 Å². The van der Waals surface area contributed by atoms with Crippen LogP contribution >= 0.6 is 0 Å². The van der Waals surface area contributed by atoms with Gasteiger partial charge in [0.05, 0.1) is 0 Å². The van der Waals surface area contributed by atoms with Gasteiger partial charge in [-0.1, -0.05) is 32.1 Å². The minimum Gasteiger partial charge on any atom is -0.480 e. The van der Waals surface area contributed by atoms with Crippen LogP contribution in [0.15, 0.2) is 0 Å². The standard InChI is InChI=1S/C14H25NO2/c1-11(12-7-3-2-4-8-12)15-14(13(16)17)9-5-6-10-14/h11-12,15H,2-10H2,1H3,(H,16,17). The number of nitrogens with one attached hydrogen (secondary N) is 1. The van der Waals surface area contributed by atoms with E-state index in [1.165, 1.54) is 32.1 Å². The van der Waals surface area contributed by atoms with Crippen molar-refractivity contribution in [3.63, 3.8) is 0 Å². The van der Waals surface area contributed by atoms with Crippen LogP contribution in [0.3, 0.4) is 0 Å². The van der Waals surface area contributed by atoms with Gasteiger partial charge in [0.25, 0.3) is 0 Å². The van der Waals surface area contributed by atoms with Crippen LogP contribution in [0.2, 0.25) is 0 Å². The van der Waals surface area contributed by atoms with E-state index >= 15 is 0 Å². The molecule has 2 fully saturated rings. The SMILES string of the molecule is CC(NC1(C(=O)O)CCCC1)C1CCCCC1. The molecule has 0 saturated heterocycles. The first-order valence-electron chi connectivity index (χ1n) is 7.15. The van der Waals surface area contributed by atoms with Crippen molar-refractivity contribution in [2.45, 2.75) is 76.3 Å². The van der Waals surface area contributed by atoms with E-state index < -0.39 is 11.5 Å². The number of rotatable bonds is 4. The van der Waals surface area contributed by atoms with Crippen molar-refractivity contribution in [1.29, 1.82) is 0 Å². The molecular weight excluding hydrogens is 214 g/mol. The Kier molecular flexibility index (Phi) is 4.08. The van der Waals surface area contributed by atoms with E-state index in [4.69, 9.17) is 0 Å². The van der Waals surface area contributed by atoms with Crippen LogP contribution < -0.4 is 5.32 Å². The lowest BCUT2D eigenvalue weighted by atomic mass is 9.83. The van der Waals surface area contributed by atoms with Crippen molar-refractivity contribution in [1.82, 2.24) is 5.32 Å². The highest BCUT2D eigenvalue weighted by atomic mass is 16.4. The smallest absolute Gasteiger partial charge is 0.323 e. The van der Waals surface area contributed by atoms with Gasteiger partial charge in [-0.3, -0.25) is 10.1 Å². The molecular formula is C14H25NO2. The molecule has 2 N–H and O–H groups in total. The second-order valence-electron chi connectivity index (χ2n) is 5.93.